The Kier molecular flexibility index (Phi) is 4.03. The molecule has 1 atom stereocenters. The maximum atomic E-state index is 6.45. The number of benzene rings is 1. The quantitative estimate of drug-likeness (QED) is 0.935. The first-order chi connectivity index (χ1) is 10.2. The second kappa shape index (κ2) is 5.95. The van der Waals surface area contributed by atoms with Crippen LogP contribution in [0.25, 0.3) is 0 Å². The van der Waals surface area contributed by atoms with Crippen LogP contribution in [0.4, 0.5) is 0 Å². The molecule has 0 radical (unpaired) electrons. The van der Waals surface area contributed by atoms with Gasteiger partial charge >= 0.3 is 0 Å². The normalized spacial score (nSPS) is 19.3. The monoisotopic (exact) mass is 287 g/mol. The summed E-state index contributed by atoms with van der Waals surface area (Å²) in [5.41, 5.74) is 6.99. The Balaban J connectivity index is 1.86. The average Bonchev–Trinajstić information content (AvgIpc) is 3.00. The number of rotatable bonds is 4. The van der Waals surface area contributed by atoms with Gasteiger partial charge in [0.2, 0.25) is 0 Å². The van der Waals surface area contributed by atoms with E-state index in [9.17, 15) is 0 Å². The van der Waals surface area contributed by atoms with Gasteiger partial charge in [0, 0.05) is 7.11 Å². The summed E-state index contributed by atoms with van der Waals surface area (Å²) in [4.78, 5) is 4.53. The fourth-order valence-corrected chi connectivity index (χ4v) is 2.96. The van der Waals surface area contributed by atoms with E-state index in [0.717, 1.165) is 31.2 Å². The third-order valence-corrected chi connectivity index (χ3v) is 4.20. The van der Waals surface area contributed by atoms with Crippen molar-refractivity contribution < 1.29 is 9.26 Å². The van der Waals surface area contributed by atoms with Crippen LogP contribution in [0.15, 0.2) is 34.9 Å². The van der Waals surface area contributed by atoms with E-state index in [4.69, 9.17) is 15.0 Å². The van der Waals surface area contributed by atoms with Crippen LogP contribution in [-0.4, -0.2) is 17.3 Å². The minimum atomic E-state index is -0.449. The van der Waals surface area contributed by atoms with Crippen molar-refractivity contribution in [2.45, 2.75) is 43.7 Å². The largest absolute Gasteiger partial charge is 0.367 e. The van der Waals surface area contributed by atoms with Gasteiger partial charge in [-0.2, -0.15) is 4.98 Å². The first-order valence-electron chi connectivity index (χ1n) is 7.44. The lowest BCUT2D eigenvalue weighted by atomic mass is 9.82. The van der Waals surface area contributed by atoms with Gasteiger partial charge in [-0.3, -0.25) is 0 Å². The fraction of sp³-hybridized carbons (Fsp3) is 0.500. The van der Waals surface area contributed by atoms with Crippen molar-refractivity contribution in [2.75, 3.05) is 7.11 Å². The molecule has 1 aliphatic rings. The van der Waals surface area contributed by atoms with E-state index in [0.29, 0.717) is 11.7 Å². The first-order valence-corrected chi connectivity index (χ1v) is 7.44. The molecule has 1 aromatic carbocycles. The summed E-state index contributed by atoms with van der Waals surface area (Å²) >= 11 is 0. The highest BCUT2D eigenvalue weighted by Gasteiger charge is 2.35. The lowest BCUT2D eigenvalue weighted by Gasteiger charge is -2.29. The topological polar surface area (TPSA) is 74.2 Å². The molecule has 5 heteroatoms. The third kappa shape index (κ3) is 2.84. The van der Waals surface area contributed by atoms with Gasteiger partial charge in [0.05, 0.1) is 5.54 Å². The average molecular weight is 287 g/mol. The molecular formula is C16H21N3O2. The second-order valence-electron chi connectivity index (χ2n) is 5.70. The van der Waals surface area contributed by atoms with Gasteiger partial charge in [-0.05, 0) is 18.4 Å². The Morgan fingerprint density at radius 2 is 1.90 bits per heavy atom. The lowest BCUT2D eigenvalue weighted by Crippen LogP contribution is -2.39. The van der Waals surface area contributed by atoms with Crippen molar-refractivity contribution in [3.63, 3.8) is 0 Å². The van der Waals surface area contributed by atoms with Gasteiger partial charge in [0.1, 0.15) is 0 Å². The Bertz CT molecular complexity index is 576. The molecule has 21 heavy (non-hydrogen) atoms. The number of aromatic nitrogens is 2. The molecule has 1 aliphatic carbocycles. The van der Waals surface area contributed by atoms with E-state index >= 15 is 0 Å². The molecule has 1 heterocycles. The molecule has 1 aromatic heterocycles. The number of hydrogen-bond donors (Lipinski definition) is 1. The summed E-state index contributed by atoms with van der Waals surface area (Å²) in [6.07, 6.45) is 4.94. The van der Waals surface area contributed by atoms with E-state index in [1.807, 2.05) is 30.3 Å². The van der Waals surface area contributed by atoms with Gasteiger partial charge < -0.3 is 15.0 Å². The highest BCUT2D eigenvalue weighted by Crippen LogP contribution is 2.34. The minimum Gasteiger partial charge on any atom is -0.367 e. The molecule has 5 nitrogen and oxygen atoms in total. The number of nitrogens with zero attached hydrogens (tertiary/aromatic N) is 2. The Labute approximate surface area is 124 Å². The van der Waals surface area contributed by atoms with Gasteiger partial charge in [0.15, 0.2) is 11.9 Å². The zero-order valence-corrected chi connectivity index (χ0v) is 12.3. The van der Waals surface area contributed by atoms with Crippen LogP contribution >= 0.6 is 0 Å². The predicted molar refractivity (Wildman–Crippen MR) is 78.5 cm³/mol. The highest BCUT2D eigenvalue weighted by atomic mass is 16.5. The Morgan fingerprint density at radius 3 is 2.57 bits per heavy atom. The molecule has 1 fully saturated rings. The van der Waals surface area contributed by atoms with Crippen LogP contribution in [-0.2, 0) is 10.3 Å². The lowest BCUT2D eigenvalue weighted by molar-refractivity contribution is 0.105. The van der Waals surface area contributed by atoms with Crippen LogP contribution in [0.5, 0.6) is 0 Å². The summed E-state index contributed by atoms with van der Waals surface area (Å²) in [6.45, 7) is 0. The molecule has 0 bridgehead atoms. The van der Waals surface area contributed by atoms with E-state index in [-0.39, 0.29) is 6.10 Å². The zero-order chi connectivity index (χ0) is 14.7. The van der Waals surface area contributed by atoms with Crippen LogP contribution < -0.4 is 5.73 Å². The van der Waals surface area contributed by atoms with Gasteiger partial charge in [0.25, 0.3) is 5.89 Å². The molecule has 0 saturated heterocycles. The van der Waals surface area contributed by atoms with Crippen molar-refractivity contribution in [1.82, 2.24) is 10.1 Å². The molecule has 0 amide bonds. The Morgan fingerprint density at radius 1 is 1.19 bits per heavy atom. The maximum Gasteiger partial charge on any atom is 0.260 e. The van der Waals surface area contributed by atoms with Gasteiger partial charge in [-0.15, -0.1) is 0 Å². The smallest absolute Gasteiger partial charge is 0.260 e. The molecule has 3 rings (SSSR count). The van der Waals surface area contributed by atoms with Crippen LogP contribution in [0.2, 0.25) is 0 Å². The molecule has 1 unspecified atom stereocenters. The molecule has 1 saturated carbocycles. The van der Waals surface area contributed by atoms with E-state index < -0.39 is 5.54 Å². The summed E-state index contributed by atoms with van der Waals surface area (Å²) in [5.74, 6) is 1.07. The molecule has 2 N–H and O–H groups in total. The van der Waals surface area contributed by atoms with Crippen LogP contribution in [0.1, 0.15) is 55.5 Å². The summed E-state index contributed by atoms with van der Waals surface area (Å²) in [6, 6.07) is 9.86. The number of methoxy groups -OCH3 is 1. The Hall–Kier alpha value is -1.72. The predicted octanol–water partition coefficient (Wildman–Crippen LogP) is 2.92. The van der Waals surface area contributed by atoms with Crippen molar-refractivity contribution in [1.29, 1.82) is 0 Å². The van der Waals surface area contributed by atoms with Crippen LogP contribution in [0.3, 0.4) is 0 Å². The summed E-state index contributed by atoms with van der Waals surface area (Å²) in [7, 11) is 1.64. The zero-order valence-electron chi connectivity index (χ0n) is 12.3. The SMILES string of the molecule is COC(c1ccccc1)c1nc(C2(N)CCCCC2)no1. The summed E-state index contributed by atoms with van der Waals surface area (Å²) in [5, 5.41) is 4.11. The standard InChI is InChI=1S/C16H21N3O2/c1-20-13(12-8-4-2-5-9-12)14-18-15(19-21-14)16(17)10-6-3-7-11-16/h2,4-5,8-9,13H,3,6-7,10-11,17H2,1H3. The second-order valence-corrected chi connectivity index (χ2v) is 5.70. The minimum absolute atomic E-state index is 0.348. The van der Waals surface area contributed by atoms with Gasteiger partial charge in [-0.25, -0.2) is 0 Å². The highest BCUT2D eigenvalue weighted by molar-refractivity contribution is 5.22. The first kappa shape index (κ1) is 14.2. The van der Waals surface area contributed by atoms with Crippen molar-refractivity contribution in [3.8, 4) is 0 Å². The number of hydrogen-bond acceptors (Lipinski definition) is 5. The van der Waals surface area contributed by atoms with E-state index in [1.165, 1.54) is 6.42 Å². The molecule has 0 spiro atoms. The number of ether oxygens (including phenoxy) is 1. The number of nitrogens with two attached hydrogens (primary N) is 1. The van der Waals surface area contributed by atoms with Crippen molar-refractivity contribution >= 4 is 0 Å². The molecular weight excluding hydrogens is 266 g/mol. The molecule has 112 valence electrons. The van der Waals surface area contributed by atoms with Gasteiger partial charge in [-0.1, -0.05) is 54.8 Å². The fourth-order valence-electron chi connectivity index (χ4n) is 2.96. The van der Waals surface area contributed by atoms with Crippen LogP contribution in [0, 0.1) is 0 Å². The maximum absolute atomic E-state index is 6.45. The van der Waals surface area contributed by atoms with Crippen molar-refractivity contribution in [3.05, 3.63) is 47.6 Å². The molecule has 2 aromatic rings. The summed E-state index contributed by atoms with van der Waals surface area (Å²) < 4.78 is 10.9. The van der Waals surface area contributed by atoms with E-state index in [1.54, 1.807) is 7.11 Å². The third-order valence-electron chi connectivity index (χ3n) is 4.20. The van der Waals surface area contributed by atoms with E-state index in [2.05, 4.69) is 10.1 Å². The molecule has 0 aliphatic heterocycles. The van der Waals surface area contributed by atoms with Crippen molar-refractivity contribution in [2.24, 2.45) is 5.73 Å².